The highest BCUT2D eigenvalue weighted by atomic mass is 16.5. The molecule has 4 rings (SSSR count). The molecule has 0 saturated carbocycles. The molecule has 194 valence electrons. The van der Waals surface area contributed by atoms with Crippen LogP contribution in [0.4, 0.5) is 0 Å². The van der Waals surface area contributed by atoms with Gasteiger partial charge in [0.2, 0.25) is 0 Å². The number of benzene rings is 2. The van der Waals surface area contributed by atoms with E-state index in [1.165, 1.54) is 0 Å². The van der Waals surface area contributed by atoms with Crippen molar-refractivity contribution >= 4 is 17.9 Å². The first-order valence-electron chi connectivity index (χ1n) is 12.8. The van der Waals surface area contributed by atoms with Crippen molar-refractivity contribution in [1.29, 1.82) is 5.26 Å². The van der Waals surface area contributed by atoms with Gasteiger partial charge in [0.15, 0.2) is 0 Å². The van der Waals surface area contributed by atoms with Gasteiger partial charge in [0, 0.05) is 29.4 Å². The normalized spacial score (nSPS) is 15.0. The van der Waals surface area contributed by atoms with E-state index in [1.54, 1.807) is 17.7 Å². The third-order valence-corrected chi connectivity index (χ3v) is 6.36. The Balaban J connectivity index is 1.87. The monoisotopic (exact) mass is 508 g/mol. The molecule has 0 N–H and O–H groups in total. The van der Waals surface area contributed by atoms with Gasteiger partial charge in [-0.3, -0.25) is 14.5 Å². The Morgan fingerprint density at radius 1 is 1.08 bits per heavy atom. The van der Waals surface area contributed by atoms with Gasteiger partial charge in [-0.15, -0.1) is 0 Å². The molecule has 0 saturated heterocycles. The van der Waals surface area contributed by atoms with Crippen molar-refractivity contribution in [2.24, 2.45) is 5.92 Å². The van der Waals surface area contributed by atoms with Gasteiger partial charge in [-0.2, -0.15) is 10.4 Å². The molecule has 0 atom stereocenters. The van der Waals surface area contributed by atoms with E-state index < -0.39 is 11.8 Å². The minimum atomic E-state index is -0.540. The highest BCUT2D eigenvalue weighted by molar-refractivity contribution is 6.19. The van der Waals surface area contributed by atoms with Crippen LogP contribution in [0.2, 0.25) is 0 Å². The number of ether oxygens (including phenoxy) is 1. The molecule has 0 bridgehead atoms. The number of aromatic nitrogens is 2. The van der Waals surface area contributed by atoms with E-state index in [0.717, 1.165) is 27.5 Å². The number of nitrogens with zero attached hydrogens (tertiary/aromatic N) is 4. The van der Waals surface area contributed by atoms with Crippen LogP contribution in [0.25, 0.3) is 23.0 Å². The zero-order chi connectivity index (χ0) is 27.4. The summed E-state index contributed by atoms with van der Waals surface area (Å²) in [7, 11) is 0. The molecule has 1 aliphatic heterocycles. The molecule has 3 aromatic rings. The van der Waals surface area contributed by atoms with Crippen LogP contribution in [-0.2, 0) is 9.59 Å². The molecule has 2 heterocycles. The van der Waals surface area contributed by atoms with Crippen LogP contribution in [0.3, 0.4) is 0 Å². The van der Waals surface area contributed by atoms with E-state index in [1.807, 2.05) is 74.6 Å². The summed E-state index contributed by atoms with van der Waals surface area (Å²) >= 11 is 0. The predicted molar refractivity (Wildman–Crippen MR) is 147 cm³/mol. The van der Waals surface area contributed by atoms with Crippen LogP contribution in [0, 0.1) is 24.2 Å². The summed E-state index contributed by atoms with van der Waals surface area (Å²) in [6, 6.07) is 17.6. The van der Waals surface area contributed by atoms with E-state index in [-0.39, 0.29) is 12.1 Å². The minimum Gasteiger partial charge on any atom is -0.493 e. The molecular weight excluding hydrogens is 476 g/mol. The number of imide groups is 1. The van der Waals surface area contributed by atoms with Crippen molar-refractivity contribution in [3.63, 3.8) is 0 Å². The number of para-hydroxylation sites is 1. The summed E-state index contributed by atoms with van der Waals surface area (Å²) in [4.78, 5) is 27.3. The van der Waals surface area contributed by atoms with Gasteiger partial charge in [0.25, 0.3) is 11.8 Å². The predicted octanol–water partition coefficient (Wildman–Crippen LogP) is 5.88. The summed E-state index contributed by atoms with van der Waals surface area (Å²) in [5, 5.41) is 14.6. The lowest BCUT2D eigenvalue weighted by Gasteiger charge is -2.27. The van der Waals surface area contributed by atoms with Crippen LogP contribution in [-0.4, -0.2) is 39.6 Å². The molecule has 7 heteroatoms. The molecule has 2 aromatic carbocycles. The van der Waals surface area contributed by atoms with Gasteiger partial charge >= 0.3 is 0 Å². The van der Waals surface area contributed by atoms with Crippen molar-refractivity contribution in [1.82, 2.24) is 14.7 Å². The largest absolute Gasteiger partial charge is 0.493 e. The Bertz CT molecular complexity index is 1470. The van der Waals surface area contributed by atoms with Crippen LogP contribution < -0.4 is 4.74 Å². The Morgan fingerprint density at radius 3 is 2.45 bits per heavy atom. The van der Waals surface area contributed by atoms with Gasteiger partial charge in [-0.05, 0) is 73.7 Å². The minimum absolute atomic E-state index is 0.0104. The molecule has 0 fully saturated rings. The third-order valence-electron chi connectivity index (χ3n) is 6.36. The van der Waals surface area contributed by atoms with Crippen molar-refractivity contribution in [2.75, 3.05) is 13.2 Å². The second-order valence-electron chi connectivity index (χ2n) is 9.83. The van der Waals surface area contributed by atoms with Crippen LogP contribution in [0.1, 0.15) is 45.2 Å². The SMILES string of the molecule is CCCN1C(=O)C(C#N)=C(C)/C(=C\c2cn(-c3ccccc3)nc2-c2ccc(OCC(C)C)c(C)c2)C1=O. The maximum Gasteiger partial charge on any atom is 0.271 e. The van der Waals surface area contributed by atoms with Gasteiger partial charge < -0.3 is 4.74 Å². The van der Waals surface area contributed by atoms with Crippen LogP contribution in [0.15, 0.2) is 71.4 Å². The molecule has 1 aliphatic rings. The molecule has 1 aromatic heterocycles. The van der Waals surface area contributed by atoms with Gasteiger partial charge in [0.1, 0.15) is 17.4 Å². The number of nitriles is 1. The highest BCUT2D eigenvalue weighted by Gasteiger charge is 2.35. The molecule has 0 spiro atoms. The maximum absolute atomic E-state index is 13.4. The third kappa shape index (κ3) is 5.30. The summed E-state index contributed by atoms with van der Waals surface area (Å²) in [5.41, 5.74) is 4.78. The average Bonchev–Trinajstić information content (AvgIpc) is 3.33. The van der Waals surface area contributed by atoms with Crippen LogP contribution in [0.5, 0.6) is 5.75 Å². The topological polar surface area (TPSA) is 88.2 Å². The van der Waals surface area contributed by atoms with E-state index in [9.17, 15) is 14.9 Å². The molecule has 0 aliphatic carbocycles. The van der Waals surface area contributed by atoms with Crippen LogP contribution >= 0.6 is 0 Å². The van der Waals surface area contributed by atoms with Crippen molar-refractivity contribution in [3.05, 3.63) is 82.6 Å². The molecule has 38 heavy (non-hydrogen) atoms. The number of rotatable bonds is 8. The fourth-order valence-electron chi connectivity index (χ4n) is 4.36. The zero-order valence-electron chi connectivity index (χ0n) is 22.5. The quantitative estimate of drug-likeness (QED) is 0.280. The Labute approximate surface area is 223 Å². The Morgan fingerprint density at radius 2 is 1.82 bits per heavy atom. The van der Waals surface area contributed by atoms with Gasteiger partial charge in [0.05, 0.1) is 18.0 Å². The summed E-state index contributed by atoms with van der Waals surface area (Å²) in [6.07, 6.45) is 4.21. The van der Waals surface area contributed by atoms with Crippen molar-refractivity contribution in [2.45, 2.75) is 41.0 Å². The Kier molecular flexibility index (Phi) is 7.92. The van der Waals surface area contributed by atoms with E-state index >= 15 is 0 Å². The summed E-state index contributed by atoms with van der Waals surface area (Å²) in [5.74, 6) is 0.288. The van der Waals surface area contributed by atoms with Crippen molar-refractivity contribution < 1.29 is 14.3 Å². The molecule has 0 unspecified atom stereocenters. The lowest BCUT2D eigenvalue weighted by molar-refractivity contribution is -0.140. The number of aryl methyl sites for hydroxylation is 1. The number of hydrogen-bond donors (Lipinski definition) is 0. The lowest BCUT2D eigenvalue weighted by Crippen LogP contribution is -2.43. The summed E-state index contributed by atoms with van der Waals surface area (Å²) < 4.78 is 7.73. The summed E-state index contributed by atoms with van der Waals surface area (Å²) in [6.45, 7) is 10.6. The van der Waals surface area contributed by atoms with E-state index in [4.69, 9.17) is 9.84 Å². The zero-order valence-corrected chi connectivity index (χ0v) is 22.5. The Hall–Kier alpha value is -4.44. The highest BCUT2D eigenvalue weighted by Crippen LogP contribution is 2.33. The number of hydrogen-bond acceptors (Lipinski definition) is 5. The average molecular weight is 509 g/mol. The second kappa shape index (κ2) is 11.3. The fraction of sp³-hybridized carbons (Fsp3) is 0.290. The molecule has 7 nitrogen and oxygen atoms in total. The molecule has 2 amide bonds. The van der Waals surface area contributed by atoms with Gasteiger partial charge in [-0.25, -0.2) is 4.68 Å². The maximum atomic E-state index is 13.4. The standard InChI is InChI=1S/C31H32N4O3/c1-6-14-34-30(36)26(22(5)27(17-32)31(34)37)16-24-18-35(25-10-8-7-9-11-25)33-29(24)23-12-13-28(21(4)15-23)38-19-20(2)3/h7-13,15-16,18,20H,6,14,19H2,1-5H3/b26-16+. The van der Waals surface area contributed by atoms with Crippen molar-refractivity contribution in [3.8, 4) is 28.8 Å². The smallest absolute Gasteiger partial charge is 0.271 e. The number of amides is 2. The second-order valence-corrected chi connectivity index (χ2v) is 9.83. The van der Waals surface area contributed by atoms with E-state index in [2.05, 4.69) is 13.8 Å². The number of carbonyl (C=O) groups excluding carboxylic acids is 2. The first-order chi connectivity index (χ1) is 18.2. The van der Waals surface area contributed by atoms with E-state index in [0.29, 0.717) is 41.3 Å². The number of carbonyl (C=O) groups is 2. The molecule has 0 radical (unpaired) electrons. The first kappa shape index (κ1) is 26.6. The fourth-order valence-corrected chi connectivity index (χ4v) is 4.36. The van der Waals surface area contributed by atoms with Gasteiger partial charge in [-0.1, -0.05) is 39.0 Å². The first-order valence-corrected chi connectivity index (χ1v) is 12.8. The molecular formula is C31H32N4O3. The lowest BCUT2D eigenvalue weighted by atomic mass is 9.93.